The molecule has 0 saturated carbocycles. The number of hydrogen-bond acceptors (Lipinski definition) is 3. The normalized spacial score (nSPS) is 14.8. The Bertz CT molecular complexity index is 3730. The number of rotatable bonds is 10. The summed E-state index contributed by atoms with van der Waals surface area (Å²) >= 11 is 1.76. The molecule has 0 N–H and O–H groups in total. The molecule has 1 fully saturated rings. The number of hydrogen-bond donors (Lipinski definition) is 0. The second-order valence-electron chi connectivity index (χ2n) is 16.9. The molecule has 0 unspecified atom stereocenters. The summed E-state index contributed by atoms with van der Waals surface area (Å²) in [6.07, 6.45) is 9.51. The minimum atomic E-state index is -2.59. The van der Waals surface area contributed by atoms with Gasteiger partial charge in [-0.15, -0.1) is 0 Å². The monoisotopic (exact) mass is 1110 g/mol. The summed E-state index contributed by atoms with van der Waals surface area (Å²) in [5.41, 5.74) is 8.98. The van der Waals surface area contributed by atoms with Gasteiger partial charge in [0, 0.05) is 0 Å². The number of nitriles is 2. The summed E-state index contributed by atoms with van der Waals surface area (Å²) in [7, 11) is -2.59. The Balaban J connectivity index is 1.30. The van der Waals surface area contributed by atoms with Crippen LogP contribution in [0.4, 0.5) is 0 Å². The van der Waals surface area contributed by atoms with E-state index in [0.29, 0.717) is 45.2 Å². The summed E-state index contributed by atoms with van der Waals surface area (Å²) in [6.45, 7) is 21.5. The average Bonchev–Trinajstić information content (AvgIpc) is 3.87. The minimum absolute atomic E-state index is 0.0648. The second kappa shape index (κ2) is 21.6. The van der Waals surface area contributed by atoms with Crippen LogP contribution in [0.25, 0.3) is 76.5 Å². The molecule has 1 heterocycles. The van der Waals surface area contributed by atoms with Gasteiger partial charge in [0.2, 0.25) is 0 Å². The van der Waals surface area contributed by atoms with Crippen LogP contribution >= 0.6 is 7.26 Å². The first-order valence-corrected chi connectivity index (χ1v) is 26.3. The molecule has 7 heteroatoms. The van der Waals surface area contributed by atoms with Crippen LogP contribution < -0.4 is 26.4 Å². The molecule has 1 aliphatic heterocycles. The number of allylic oxidation sites excluding steroid dienone is 5. The third-order valence-electron chi connectivity index (χ3n) is 13.0. The Labute approximate surface area is 425 Å². The molecule has 339 valence electrons. The van der Waals surface area contributed by atoms with Crippen LogP contribution in [0.15, 0.2) is 211 Å². The molecule has 0 amide bonds. The van der Waals surface area contributed by atoms with Gasteiger partial charge in [-0.3, -0.25) is 0 Å². The van der Waals surface area contributed by atoms with Gasteiger partial charge >= 0.3 is 293 Å². The summed E-state index contributed by atoms with van der Waals surface area (Å²) in [5.74, 6) is 0. The quantitative estimate of drug-likeness (QED) is 0.0779. The Morgan fingerprint density at radius 3 is 1.48 bits per heavy atom. The first kappa shape index (κ1) is 47.8. The van der Waals surface area contributed by atoms with Gasteiger partial charge in [0.15, 0.2) is 0 Å². The smallest absolute Gasteiger partial charge is 0.226 e. The van der Waals surface area contributed by atoms with Crippen molar-refractivity contribution >= 4 is 67.8 Å². The van der Waals surface area contributed by atoms with Crippen LogP contribution in [0.1, 0.15) is 31.4 Å². The Morgan fingerprint density at radius 1 is 0.606 bits per heavy atom. The summed E-state index contributed by atoms with van der Waals surface area (Å²) in [5, 5.41) is 29.2. The van der Waals surface area contributed by atoms with Gasteiger partial charge in [-0.1, -0.05) is 48.6 Å². The van der Waals surface area contributed by atoms with E-state index in [0.717, 1.165) is 56.3 Å². The fraction of sp³-hybridized carbons (Fsp3) is 0.0781. The molecule has 71 heavy (non-hydrogen) atoms. The summed E-state index contributed by atoms with van der Waals surface area (Å²) in [4.78, 5) is 7.47. The molecule has 1 saturated heterocycles. The van der Waals surface area contributed by atoms with E-state index in [2.05, 4.69) is 161 Å². The van der Waals surface area contributed by atoms with Gasteiger partial charge in [0.05, 0.1) is 25.3 Å². The zero-order valence-electron chi connectivity index (χ0n) is 39.2. The van der Waals surface area contributed by atoms with E-state index in [1.54, 1.807) is 17.9 Å². The number of fused-ring (bicyclic) bond motifs is 2. The SMILES string of the molecule is [C-]#[N+]/C(C#N)=c1\c2cc(-c3ccc(C(C=C4COCC4=CCC)=C([C]#[Os])[P+](c4ccccc4)(c4ccccc4)c4ccccc4)cc3)ccc2/c(=C(/C#N)[N+]#[C-])c2cc(-c3ccc(/C=C/C)cc3)ccc12. The molecule has 5 nitrogen and oxygen atoms in total. The number of nitrogens with zero attached hydrogens (tertiary/aromatic N) is 4. The van der Waals surface area contributed by atoms with Gasteiger partial charge in [0.25, 0.3) is 5.70 Å². The molecule has 9 rings (SSSR count). The van der Waals surface area contributed by atoms with Gasteiger partial charge in [-0.05, 0) is 35.1 Å². The van der Waals surface area contributed by atoms with Crippen LogP contribution in [0.5, 0.6) is 0 Å². The maximum atomic E-state index is 10.5. The van der Waals surface area contributed by atoms with E-state index < -0.39 is 7.26 Å². The molecule has 0 bridgehead atoms. The first-order valence-electron chi connectivity index (χ1n) is 23.2. The Kier molecular flexibility index (Phi) is 14.5. The van der Waals surface area contributed by atoms with Crippen molar-refractivity contribution in [3.8, 4) is 38.8 Å². The zero-order valence-corrected chi connectivity index (χ0v) is 42.6. The van der Waals surface area contributed by atoms with E-state index in [1.807, 2.05) is 79.7 Å². The minimum Gasteiger partial charge on any atom is -0.226 e. The molecule has 8 aromatic rings. The van der Waals surface area contributed by atoms with E-state index in [4.69, 9.17) is 17.9 Å². The topological polar surface area (TPSA) is 65.5 Å². The molecule has 0 radical (unpaired) electrons. The van der Waals surface area contributed by atoms with E-state index in [-0.39, 0.29) is 11.4 Å². The van der Waals surface area contributed by atoms with Crippen molar-refractivity contribution in [3.63, 3.8) is 0 Å². The van der Waals surface area contributed by atoms with Crippen molar-refractivity contribution < 1.29 is 22.7 Å². The van der Waals surface area contributed by atoms with Crippen molar-refractivity contribution in [2.75, 3.05) is 13.2 Å². The van der Waals surface area contributed by atoms with Crippen LogP contribution in [0.2, 0.25) is 0 Å². The van der Waals surface area contributed by atoms with Crippen LogP contribution in [-0.4, -0.2) is 13.2 Å². The van der Waals surface area contributed by atoms with E-state index in [9.17, 15) is 10.5 Å². The van der Waals surface area contributed by atoms with E-state index >= 15 is 0 Å². The predicted octanol–water partition coefficient (Wildman–Crippen LogP) is 13.0. The molecular weight excluding hydrogens is 1060 g/mol. The number of ether oxygens (including phenoxy) is 1. The molecule has 8 aromatic carbocycles. The summed E-state index contributed by atoms with van der Waals surface area (Å²) in [6, 6.07) is 65.4. The van der Waals surface area contributed by atoms with Crippen molar-refractivity contribution in [2.45, 2.75) is 20.3 Å². The van der Waals surface area contributed by atoms with Crippen molar-refractivity contribution in [1.82, 2.24) is 0 Å². The van der Waals surface area contributed by atoms with Crippen LogP contribution in [0.3, 0.4) is 0 Å². The molecule has 0 aliphatic carbocycles. The van der Waals surface area contributed by atoms with Gasteiger partial charge in [0.1, 0.15) is 0 Å². The van der Waals surface area contributed by atoms with Crippen molar-refractivity contribution in [1.29, 1.82) is 10.5 Å². The standard InChI is InChI=1S/C64H45N4OP.Os/c1-6-17-45-25-27-46(28-26-45)49-33-35-56-59(37-49)63(61(40-65)67-4)57-36-34-50(38-60(57)64(56)62(41-66)68-5)47-29-31-48(32-30-47)58(39-52-43-69-42-51(52)18-7-2)44(3)70(53-19-11-8-12-20-53,54-21-13-9-14-22-54)55-23-15-10-16-24-55;/h6,8-39H,7,42-43H2,1-2H3;/q+1;/b17-6+,51-18?,52-39?,58-44?,63-61+,64-62-;. The Morgan fingerprint density at radius 2 is 1.06 bits per heavy atom. The van der Waals surface area contributed by atoms with Gasteiger partial charge in [-0.25, -0.2) is 20.2 Å². The fourth-order valence-electron chi connectivity index (χ4n) is 9.76. The van der Waals surface area contributed by atoms with Crippen molar-refractivity contribution in [2.24, 2.45) is 0 Å². The number of benzene rings is 8. The molecule has 0 atom stereocenters. The van der Waals surface area contributed by atoms with Gasteiger partial charge < -0.3 is 0 Å². The van der Waals surface area contributed by atoms with Crippen molar-refractivity contribution in [3.05, 3.63) is 255 Å². The van der Waals surface area contributed by atoms with Gasteiger partial charge in [-0.2, -0.15) is 0 Å². The average molecular weight is 1110 g/mol. The second-order valence-corrected chi connectivity index (χ2v) is 20.9. The first-order chi connectivity index (χ1) is 34.9. The third-order valence-corrected chi connectivity index (χ3v) is 18.3. The van der Waals surface area contributed by atoms with E-state index in [1.165, 1.54) is 21.5 Å². The zero-order chi connectivity index (χ0) is 49.3. The molecular formula is C64H45N4OOsP+. The molecule has 1 aliphatic rings. The summed E-state index contributed by atoms with van der Waals surface area (Å²) < 4.78 is 9.98. The maximum absolute atomic E-state index is 10.5. The van der Waals surface area contributed by atoms with Crippen LogP contribution in [-0.2, 0) is 22.7 Å². The molecule has 0 aromatic heterocycles. The predicted molar refractivity (Wildman–Crippen MR) is 291 cm³/mol. The molecule has 0 spiro atoms. The third kappa shape index (κ3) is 9.09. The fourth-order valence-corrected chi connectivity index (χ4v) is 15.6. The van der Waals surface area contributed by atoms with Crippen LogP contribution in [0, 0.1) is 40.2 Å². The Hall–Kier alpha value is -8.25.